The predicted molar refractivity (Wildman–Crippen MR) is 206 cm³/mol. The summed E-state index contributed by atoms with van der Waals surface area (Å²) in [7, 11) is 0. The van der Waals surface area contributed by atoms with E-state index >= 15 is 0 Å². The molecule has 286 valence electrons. The van der Waals surface area contributed by atoms with Gasteiger partial charge in [0.15, 0.2) is 0 Å². The standard InChI is InChI=1S/C44H74O6/c1-15-17-19-21-31-45-47-41(9,10)35-23-27-37(28-24-35)43(13,33-39(3,4)5)49-50-44(14,34-40(6,7)8)38-29-25-36(26-30-38)42(11,12)48-46-32-22-20-18-16-2/h23-30H,15-22,31-34H2,1-14H3. The molecule has 0 spiro atoms. The third-order valence-corrected chi connectivity index (χ3v) is 9.22. The van der Waals surface area contributed by atoms with Crippen molar-refractivity contribution in [2.75, 3.05) is 13.2 Å². The second-order valence-electron chi connectivity index (χ2n) is 18.2. The maximum Gasteiger partial charge on any atom is 0.126 e. The molecule has 0 saturated carbocycles. The van der Waals surface area contributed by atoms with Gasteiger partial charge in [0.2, 0.25) is 0 Å². The maximum atomic E-state index is 6.68. The van der Waals surface area contributed by atoms with E-state index in [1.165, 1.54) is 25.7 Å². The van der Waals surface area contributed by atoms with E-state index in [0.717, 1.165) is 60.8 Å². The van der Waals surface area contributed by atoms with Crippen LogP contribution in [0.4, 0.5) is 0 Å². The van der Waals surface area contributed by atoms with E-state index in [9.17, 15) is 0 Å². The fraction of sp³-hybridized carbons (Fsp3) is 0.727. The van der Waals surface area contributed by atoms with E-state index in [-0.39, 0.29) is 10.8 Å². The molecule has 0 N–H and O–H groups in total. The first-order valence-corrected chi connectivity index (χ1v) is 19.4. The molecule has 0 aliphatic rings. The molecule has 2 atom stereocenters. The Kier molecular flexibility index (Phi) is 17.1. The monoisotopic (exact) mass is 699 g/mol. The first-order valence-electron chi connectivity index (χ1n) is 19.4. The van der Waals surface area contributed by atoms with Gasteiger partial charge in [-0.25, -0.2) is 29.3 Å². The van der Waals surface area contributed by atoms with Crippen molar-refractivity contribution in [2.24, 2.45) is 10.8 Å². The van der Waals surface area contributed by atoms with Gasteiger partial charge in [-0.3, -0.25) is 0 Å². The molecule has 6 heteroatoms. The Morgan fingerprint density at radius 2 is 0.680 bits per heavy atom. The molecule has 2 unspecified atom stereocenters. The Bertz CT molecular complexity index is 1120. The van der Waals surface area contributed by atoms with Crippen LogP contribution < -0.4 is 0 Å². The van der Waals surface area contributed by atoms with Crippen LogP contribution >= 0.6 is 0 Å². The topological polar surface area (TPSA) is 55.4 Å². The molecule has 0 aromatic heterocycles. The van der Waals surface area contributed by atoms with Crippen molar-refractivity contribution in [2.45, 2.75) is 184 Å². The molecular formula is C44H74O6. The summed E-state index contributed by atoms with van der Waals surface area (Å²) in [5, 5.41) is 0. The van der Waals surface area contributed by atoms with Crippen LogP contribution in [0.3, 0.4) is 0 Å². The molecule has 0 aliphatic heterocycles. The molecule has 2 rings (SSSR count). The summed E-state index contributed by atoms with van der Waals surface area (Å²) in [6.07, 6.45) is 10.7. The van der Waals surface area contributed by atoms with E-state index in [1.54, 1.807) is 0 Å². The van der Waals surface area contributed by atoms with Crippen LogP contribution in [0.5, 0.6) is 0 Å². The average molecular weight is 699 g/mol. The molecule has 0 fully saturated rings. The summed E-state index contributed by atoms with van der Waals surface area (Å²) < 4.78 is 0. The highest BCUT2D eigenvalue weighted by molar-refractivity contribution is 5.31. The van der Waals surface area contributed by atoms with Crippen LogP contribution in [-0.4, -0.2) is 13.2 Å². The van der Waals surface area contributed by atoms with E-state index in [4.69, 9.17) is 29.3 Å². The molecule has 0 amide bonds. The van der Waals surface area contributed by atoms with Crippen LogP contribution in [-0.2, 0) is 51.7 Å². The van der Waals surface area contributed by atoms with E-state index in [2.05, 4.69) is 118 Å². The van der Waals surface area contributed by atoms with Gasteiger partial charge in [-0.05, 0) is 100 Å². The highest BCUT2D eigenvalue weighted by atomic mass is 17.2. The van der Waals surface area contributed by atoms with Crippen molar-refractivity contribution in [3.8, 4) is 0 Å². The van der Waals surface area contributed by atoms with Crippen molar-refractivity contribution in [3.63, 3.8) is 0 Å². The summed E-state index contributed by atoms with van der Waals surface area (Å²) in [4.78, 5) is 36.4. The minimum absolute atomic E-state index is 0.0174. The van der Waals surface area contributed by atoms with Gasteiger partial charge >= 0.3 is 0 Å². The van der Waals surface area contributed by atoms with Gasteiger partial charge in [0.1, 0.15) is 22.4 Å². The zero-order valence-electron chi connectivity index (χ0n) is 34.6. The van der Waals surface area contributed by atoms with Crippen LogP contribution in [0.1, 0.15) is 183 Å². The highest BCUT2D eigenvalue weighted by Gasteiger charge is 2.41. The van der Waals surface area contributed by atoms with Gasteiger partial charge in [-0.1, -0.05) is 142 Å². The summed E-state index contributed by atoms with van der Waals surface area (Å²) >= 11 is 0. The lowest BCUT2D eigenvalue weighted by Gasteiger charge is -2.41. The quantitative estimate of drug-likeness (QED) is 0.0654. The Morgan fingerprint density at radius 1 is 0.380 bits per heavy atom. The number of unbranched alkanes of at least 4 members (excludes halogenated alkanes) is 6. The Labute approximate surface area is 307 Å². The summed E-state index contributed by atoms with van der Waals surface area (Å²) in [5.74, 6) is 0. The van der Waals surface area contributed by atoms with E-state index in [1.807, 2.05) is 27.7 Å². The van der Waals surface area contributed by atoms with Crippen LogP contribution in [0.15, 0.2) is 48.5 Å². The molecule has 2 aromatic rings. The van der Waals surface area contributed by atoms with Crippen LogP contribution in [0.25, 0.3) is 0 Å². The largest absolute Gasteiger partial charge is 0.236 e. The molecule has 0 aliphatic carbocycles. The second-order valence-corrected chi connectivity index (χ2v) is 18.2. The average Bonchev–Trinajstić information content (AvgIpc) is 3.02. The Hall–Kier alpha value is -1.80. The number of hydrogen-bond donors (Lipinski definition) is 0. The summed E-state index contributed by atoms with van der Waals surface area (Å²) in [6, 6.07) is 17.0. The SMILES string of the molecule is CCCCCCOOC(C)(C)c1ccc(C(C)(CC(C)(C)C)OOC(C)(CC(C)(C)C)c2ccc(C(C)(C)OOCCCCCC)cc2)cc1. The molecule has 0 saturated heterocycles. The lowest BCUT2D eigenvalue weighted by molar-refractivity contribution is -0.424. The van der Waals surface area contributed by atoms with Gasteiger partial charge in [0, 0.05) is 0 Å². The molecule has 0 bridgehead atoms. The predicted octanol–water partition coefficient (Wildman–Crippen LogP) is 13.2. The van der Waals surface area contributed by atoms with E-state index in [0.29, 0.717) is 13.2 Å². The van der Waals surface area contributed by atoms with Crippen molar-refractivity contribution in [3.05, 3.63) is 70.8 Å². The lowest BCUT2D eigenvalue weighted by Crippen LogP contribution is -2.38. The fourth-order valence-corrected chi connectivity index (χ4v) is 6.67. The van der Waals surface area contributed by atoms with Crippen molar-refractivity contribution in [1.29, 1.82) is 0 Å². The van der Waals surface area contributed by atoms with Crippen LogP contribution in [0.2, 0.25) is 0 Å². The third kappa shape index (κ3) is 15.0. The van der Waals surface area contributed by atoms with Gasteiger partial charge in [-0.15, -0.1) is 0 Å². The fourth-order valence-electron chi connectivity index (χ4n) is 6.67. The third-order valence-electron chi connectivity index (χ3n) is 9.22. The van der Waals surface area contributed by atoms with Gasteiger partial charge < -0.3 is 0 Å². The van der Waals surface area contributed by atoms with Crippen LogP contribution in [0, 0.1) is 10.8 Å². The molecule has 0 radical (unpaired) electrons. The lowest BCUT2D eigenvalue weighted by atomic mass is 9.78. The number of rotatable bonds is 23. The number of benzene rings is 2. The van der Waals surface area contributed by atoms with Crippen molar-refractivity contribution >= 4 is 0 Å². The smallest absolute Gasteiger partial charge is 0.126 e. The second kappa shape index (κ2) is 19.3. The highest BCUT2D eigenvalue weighted by Crippen LogP contribution is 2.44. The molecule has 6 nitrogen and oxygen atoms in total. The summed E-state index contributed by atoms with van der Waals surface area (Å²) in [5.41, 5.74) is 1.57. The summed E-state index contributed by atoms with van der Waals surface area (Å²) in [6.45, 7) is 31.5. The molecule has 2 aromatic carbocycles. The minimum Gasteiger partial charge on any atom is -0.236 e. The molecular weight excluding hydrogens is 624 g/mol. The minimum atomic E-state index is -0.707. The molecule has 50 heavy (non-hydrogen) atoms. The molecule has 0 heterocycles. The first kappa shape index (κ1) is 44.4. The van der Waals surface area contributed by atoms with Crippen molar-refractivity contribution < 1.29 is 29.3 Å². The van der Waals surface area contributed by atoms with Crippen molar-refractivity contribution in [1.82, 2.24) is 0 Å². The number of hydrogen-bond acceptors (Lipinski definition) is 6. The Balaban J connectivity index is 2.29. The van der Waals surface area contributed by atoms with Gasteiger partial charge in [-0.2, -0.15) is 0 Å². The first-order chi connectivity index (χ1) is 23.2. The normalized spacial score (nSPS) is 15.6. The maximum absolute atomic E-state index is 6.68. The Morgan fingerprint density at radius 3 is 0.960 bits per heavy atom. The van der Waals surface area contributed by atoms with Gasteiger partial charge in [0.05, 0.1) is 13.2 Å². The zero-order valence-corrected chi connectivity index (χ0v) is 34.6. The van der Waals surface area contributed by atoms with Gasteiger partial charge in [0.25, 0.3) is 0 Å². The van der Waals surface area contributed by atoms with E-state index < -0.39 is 22.4 Å². The zero-order chi connectivity index (χ0) is 37.7.